The molecule has 3 rings (SSSR count). The number of nitrogens with zero attached hydrogens (tertiary/aromatic N) is 2. The summed E-state index contributed by atoms with van der Waals surface area (Å²) in [5.41, 5.74) is 7.50. The number of carbonyl (C=O) groups excluding carboxylic acids is 2. The van der Waals surface area contributed by atoms with Gasteiger partial charge in [-0.05, 0) is 18.4 Å². The molecule has 1 aromatic carbocycles. The molecule has 1 aromatic heterocycles. The van der Waals surface area contributed by atoms with Gasteiger partial charge in [0, 0.05) is 25.6 Å². The predicted molar refractivity (Wildman–Crippen MR) is 105 cm³/mol. The molecule has 1 aliphatic heterocycles. The number of aromatic nitrogens is 2. The van der Waals surface area contributed by atoms with Gasteiger partial charge in [-0.15, -0.1) is 0 Å². The van der Waals surface area contributed by atoms with Gasteiger partial charge in [-0.3, -0.25) is 9.59 Å². The molecule has 2 aromatic rings. The van der Waals surface area contributed by atoms with Gasteiger partial charge in [0.1, 0.15) is 12.1 Å². The van der Waals surface area contributed by atoms with Crippen molar-refractivity contribution in [3.63, 3.8) is 0 Å². The summed E-state index contributed by atoms with van der Waals surface area (Å²) < 4.78 is 0. The van der Waals surface area contributed by atoms with Crippen molar-refractivity contribution in [2.75, 3.05) is 6.54 Å². The average molecular weight is 399 g/mol. The standard InChI is InChI=1S/C20H25N5O4/c21-15(10-14-11-22-12-23-14)18(26)24-16(9-13-5-2-1-3-6-13)19(27)25-8-4-7-17(25)20(28)29/h1-3,5-6,11-12,15-17H,4,7-10,21H2,(H,22,23)(H,24,26)(H,28,29)/t15-,16-,17-/m0/s1. The first kappa shape index (κ1) is 20.5. The quantitative estimate of drug-likeness (QED) is 0.495. The maximum Gasteiger partial charge on any atom is 0.326 e. The Kier molecular flexibility index (Phi) is 6.61. The number of hydrogen-bond acceptors (Lipinski definition) is 5. The van der Waals surface area contributed by atoms with Crippen LogP contribution in [-0.2, 0) is 27.2 Å². The van der Waals surface area contributed by atoms with Crippen molar-refractivity contribution in [3.05, 3.63) is 54.1 Å². The van der Waals surface area contributed by atoms with Crippen LogP contribution in [0.2, 0.25) is 0 Å². The monoisotopic (exact) mass is 399 g/mol. The predicted octanol–water partition coefficient (Wildman–Crippen LogP) is 0.0826. The van der Waals surface area contributed by atoms with E-state index in [2.05, 4.69) is 15.3 Å². The SMILES string of the molecule is N[C@@H](Cc1c[nH]cn1)C(=O)N[C@@H](Cc1ccccc1)C(=O)N1CCC[C@H]1C(=O)O. The van der Waals surface area contributed by atoms with Crippen LogP contribution in [0.3, 0.4) is 0 Å². The van der Waals surface area contributed by atoms with Crippen molar-refractivity contribution in [1.29, 1.82) is 0 Å². The second kappa shape index (κ2) is 9.33. The number of aliphatic carboxylic acids is 1. The number of benzene rings is 1. The van der Waals surface area contributed by atoms with Crippen LogP contribution in [0.15, 0.2) is 42.9 Å². The van der Waals surface area contributed by atoms with E-state index in [4.69, 9.17) is 5.73 Å². The van der Waals surface area contributed by atoms with Crippen LogP contribution in [0.5, 0.6) is 0 Å². The van der Waals surface area contributed by atoms with E-state index in [1.54, 1.807) is 6.20 Å². The normalized spacial score (nSPS) is 18.2. The van der Waals surface area contributed by atoms with Gasteiger partial charge in [0.05, 0.1) is 18.1 Å². The molecule has 1 aliphatic rings. The van der Waals surface area contributed by atoms with Crippen molar-refractivity contribution >= 4 is 17.8 Å². The average Bonchev–Trinajstić information content (AvgIpc) is 3.39. The summed E-state index contributed by atoms with van der Waals surface area (Å²) in [6.45, 7) is 0.357. The molecule has 154 valence electrons. The second-order valence-electron chi connectivity index (χ2n) is 7.15. The first-order valence-electron chi connectivity index (χ1n) is 9.56. The van der Waals surface area contributed by atoms with Crippen LogP contribution in [0.25, 0.3) is 0 Å². The zero-order valence-corrected chi connectivity index (χ0v) is 16.0. The first-order chi connectivity index (χ1) is 14.0. The lowest BCUT2D eigenvalue weighted by atomic mass is 10.0. The van der Waals surface area contributed by atoms with Gasteiger partial charge in [0.2, 0.25) is 11.8 Å². The lowest BCUT2D eigenvalue weighted by molar-refractivity contribution is -0.149. The maximum absolute atomic E-state index is 13.1. The number of amides is 2. The summed E-state index contributed by atoms with van der Waals surface area (Å²) in [5, 5.41) is 12.1. The number of carboxylic acids is 1. The third-order valence-electron chi connectivity index (χ3n) is 5.04. The van der Waals surface area contributed by atoms with Crippen LogP contribution < -0.4 is 11.1 Å². The van der Waals surface area contributed by atoms with E-state index in [0.29, 0.717) is 25.1 Å². The van der Waals surface area contributed by atoms with Gasteiger partial charge in [-0.1, -0.05) is 30.3 Å². The third-order valence-corrected chi connectivity index (χ3v) is 5.04. The maximum atomic E-state index is 13.1. The third kappa shape index (κ3) is 5.20. The molecule has 0 bridgehead atoms. The lowest BCUT2D eigenvalue weighted by Gasteiger charge is -2.28. The number of carbonyl (C=O) groups is 3. The fraction of sp³-hybridized carbons (Fsp3) is 0.400. The van der Waals surface area contributed by atoms with Gasteiger partial charge >= 0.3 is 5.97 Å². The molecule has 0 radical (unpaired) electrons. The Hall–Kier alpha value is -3.20. The van der Waals surface area contributed by atoms with E-state index in [1.165, 1.54) is 11.2 Å². The topological polar surface area (TPSA) is 141 Å². The molecule has 1 fully saturated rings. The molecule has 0 spiro atoms. The van der Waals surface area contributed by atoms with E-state index < -0.39 is 35.9 Å². The molecular formula is C20H25N5O4. The van der Waals surface area contributed by atoms with E-state index >= 15 is 0 Å². The molecule has 9 nitrogen and oxygen atoms in total. The van der Waals surface area contributed by atoms with Crippen molar-refractivity contribution in [3.8, 4) is 0 Å². The van der Waals surface area contributed by atoms with Gasteiger partial charge in [-0.2, -0.15) is 0 Å². The first-order valence-corrected chi connectivity index (χ1v) is 9.56. The molecule has 5 N–H and O–H groups in total. The molecule has 1 saturated heterocycles. The van der Waals surface area contributed by atoms with Crippen molar-refractivity contribution < 1.29 is 19.5 Å². The number of imidazole rings is 1. The minimum absolute atomic E-state index is 0.225. The fourth-order valence-electron chi connectivity index (χ4n) is 3.54. The van der Waals surface area contributed by atoms with Crippen LogP contribution in [0, 0.1) is 0 Å². The van der Waals surface area contributed by atoms with Gasteiger partial charge in [0.15, 0.2) is 0 Å². The molecule has 29 heavy (non-hydrogen) atoms. The summed E-state index contributed by atoms with van der Waals surface area (Å²) >= 11 is 0. The highest BCUT2D eigenvalue weighted by molar-refractivity contribution is 5.92. The number of aromatic amines is 1. The highest BCUT2D eigenvalue weighted by Crippen LogP contribution is 2.19. The van der Waals surface area contributed by atoms with Crippen molar-refractivity contribution in [2.24, 2.45) is 5.73 Å². The lowest BCUT2D eigenvalue weighted by Crippen LogP contribution is -2.55. The van der Waals surface area contributed by atoms with Crippen molar-refractivity contribution in [2.45, 2.75) is 43.8 Å². The van der Waals surface area contributed by atoms with Gasteiger partial charge in [-0.25, -0.2) is 9.78 Å². The van der Waals surface area contributed by atoms with E-state index in [-0.39, 0.29) is 12.8 Å². The van der Waals surface area contributed by atoms with Crippen molar-refractivity contribution in [1.82, 2.24) is 20.2 Å². The van der Waals surface area contributed by atoms with Crippen LogP contribution in [0.1, 0.15) is 24.1 Å². The Labute approximate surface area is 168 Å². The Morgan fingerprint density at radius 2 is 2.03 bits per heavy atom. The molecule has 9 heteroatoms. The Morgan fingerprint density at radius 3 is 2.69 bits per heavy atom. The van der Waals surface area contributed by atoms with Crippen LogP contribution >= 0.6 is 0 Å². The Balaban J connectivity index is 1.74. The molecule has 0 saturated carbocycles. The fourth-order valence-corrected chi connectivity index (χ4v) is 3.54. The highest BCUT2D eigenvalue weighted by Gasteiger charge is 2.38. The molecule has 3 atom stereocenters. The van der Waals surface area contributed by atoms with E-state index in [1.807, 2.05) is 30.3 Å². The summed E-state index contributed by atoms with van der Waals surface area (Å²) in [6.07, 6.45) is 4.66. The molecule has 2 heterocycles. The summed E-state index contributed by atoms with van der Waals surface area (Å²) in [6, 6.07) is 6.63. The number of nitrogens with two attached hydrogens (primary N) is 1. The van der Waals surface area contributed by atoms with Crippen LogP contribution in [0.4, 0.5) is 0 Å². The molecule has 0 aliphatic carbocycles. The number of rotatable bonds is 8. The number of carboxylic acid groups (broad SMARTS) is 1. The second-order valence-corrected chi connectivity index (χ2v) is 7.15. The largest absolute Gasteiger partial charge is 0.480 e. The van der Waals surface area contributed by atoms with Gasteiger partial charge in [0.25, 0.3) is 0 Å². The smallest absolute Gasteiger partial charge is 0.326 e. The number of H-pyrrole nitrogens is 1. The Morgan fingerprint density at radius 1 is 1.28 bits per heavy atom. The summed E-state index contributed by atoms with van der Waals surface area (Å²) in [5.74, 6) is -1.91. The van der Waals surface area contributed by atoms with E-state index in [9.17, 15) is 19.5 Å². The molecular weight excluding hydrogens is 374 g/mol. The zero-order chi connectivity index (χ0) is 20.8. The zero-order valence-electron chi connectivity index (χ0n) is 16.0. The summed E-state index contributed by atoms with van der Waals surface area (Å²) in [4.78, 5) is 45.5. The summed E-state index contributed by atoms with van der Waals surface area (Å²) in [7, 11) is 0. The molecule has 2 amide bonds. The number of nitrogens with one attached hydrogen (secondary N) is 2. The van der Waals surface area contributed by atoms with Gasteiger partial charge < -0.3 is 26.0 Å². The minimum atomic E-state index is -1.03. The Bertz CT molecular complexity index is 840. The number of hydrogen-bond donors (Lipinski definition) is 4. The molecule has 0 unspecified atom stereocenters. The highest BCUT2D eigenvalue weighted by atomic mass is 16.4. The van der Waals surface area contributed by atoms with E-state index in [0.717, 1.165) is 5.56 Å². The number of likely N-dealkylation sites (tertiary alicyclic amines) is 1. The van der Waals surface area contributed by atoms with Crippen LogP contribution in [-0.4, -0.2) is 62.4 Å². The minimum Gasteiger partial charge on any atom is -0.480 e.